The maximum absolute atomic E-state index is 11.3. The van der Waals surface area contributed by atoms with Gasteiger partial charge in [-0.15, -0.1) is 0 Å². The Bertz CT molecular complexity index is 1490. The molecular formula is C34H44N4O5. The molecule has 9 nitrogen and oxygen atoms in total. The van der Waals surface area contributed by atoms with E-state index in [0.29, 0.717) is 24.6 Å². The van der Waals surface area contributed by atoms with E-state index in [-0.39, 0.29) is 12.5 Å². The van der Waals surface area contributed by atoms with E-state index in [1.807, 2.05) is 31.1 Å². The highest BCUT2D eigenvalue weighted by Gasteiger charge is 2.45. The summed E-state index contributed by atoms with van der Waals surface area (Å²) in [6, 6.07) is 12.4. The van der Waals surface area contributed by atoms with Gasteiger partial charge >= 0.3 is 5.97 Å². The van der Waals surface area contributed by atoms with Crippen LogP contribution in [0, 0.1) is 12.8 Å². The first kappa shape index (κ1) is 30.9. The first-order valence-corrected chi connectivity index (χ1v) is 15.1. The fourth-order valence-corrected chi connectivity index (χ4v) is 6.17. The highest BCUT2D eigenvalue weighted by molar-refractivity contribution is 5.81. The van der Waals surface area contributed by atoms with Crippen LogP contribution in [0.3, 0.4) is 0 Å². The number of benzene rings is 2. The minimum Gasteiger partial charge on any atom is -0.480 e. The normalized spacial score (nSPS) is 21.0. The summed E-state index contributed by atoms with van der Waals surface area (Å²) in [5.41, 5.74) is 6.02. The number of morpholine rings is 1. The molecule has 9 heteroatoms. The summed E-state index contributed by atoms with van der Waals surface area (Å²) < 4.78 is 19.0. The van der Waals surface area contributed by atoms with Crippen LogP contribution in [-0.2, 0) is 26.4 Å². The van der Waals surface area contributed by atoms with Gasteiger partial charge in [-0.05, 0) is 54.8 Å². The Morgan fingerprint density at radius 3 is 2.67 bits per heavy atom. The van der Waals surface area contributed by atoms with Gasteiger partial charge in [-0.2, -0.15) is 0 Å². The van der Waals surface area contributed by atoms with E-state index < -0.39 is 11.6 Å². The lowest BCUT2D eigenvalue weighted by Gasteiger charge is -2.38. The monoisotopic (exact) mass is 588 g/mol. The molecule has 2 atom stereocenters. The Hall–Kier alpha value is -3.50. The summed E-state index contributed by atoms with van der Waals surface area (Å²) in [4.78, 5) is 22.6. The van der Waals surface area contributed by atoms with Crippen LogP contribution in [0.25, 0.3) is 16.7 Å². The molecule has 230 valence electrons. The van der Waals surface area contributed by atoms with Crippen LogP contribution >= 0.6 is 0 Å². The standard InChI is InChI=1S/C34H44N4O5/c1-24-10-6-7-11-27(24)28-12-8-13-34(25(28)2,42-17-9-14-38-15-18-41-19-16-38)33-35-29-20-26(22-37(5)23-32(39)40)30(36(3)4)21-31(29)43-33/h6-8,10-13,20-21,25H,9,14-19,22-23H2,1-5H3,(H,39,40). The largest absolute Gasteiger partial charge is 0.480 e. The van der Waals surface area contributed by atoms with E-state index in [0.717, 1.165) is 56.0 Å². The molecular weight excluding hydrogens is 544 g/mol. The number of oxazole rings is 1. The molecule has 1 aliphatic heterocycles. The van der Waals surface area contributed by atoms with E-state index >= 15 is 0 Å². The van der Waals surface area contributed by atoms with Crippen molar-refractivity contribution in [3.63, 3.8) is 0 Å². The van der Waals surface area contributed by atoms with Gasteiger partial charge in [-0.25, -0.2) is 4.98 Å². The molecule has 1 aromatic heterocycles. The van der Waals surface area contributed by atoms with Gasteiger partial charge in [0, 0.05) is 64.6 Å². The fourth-order valence-electron chi connectivity index (χ4n) is 6.17. The van der Waals surface area contributed by atoms with E-state index in [9.17, 15) is 9.90 Å². The number of hydrogen-bond acceptors (Lipinski definition) is 8. The van der Waals surface area contributed by atoms with E-state index in [4.69, 9.17) is 18.9 Å². The van der Waals surface area contributed by atoms with Crippen LogP contribution in [0.1, 0.15) is 35.9 Å². The van der Waals surface area contributed by atoms with Crippen molar-refractivity contribution >= 4 is 28.3 Å². The molecule has 43 heavy (non-hydrogen) atoms. The lowest BCUT2D eigenvalue weighted by molar-refractivity contribution is -0.138. The van der Waals surface area contributed by atoms with Crippen LogP contribution in [0.5, 0.6) is 0 Å². The van der Waals surface area contributed by atoms with E-state index in [1.54, 1.807) is 11.9 Å². The van der Waals surface area contributed by atoms with Crippen molar-refractivity contribution in [2.24, 2.45) is 5.92 Å². The predicted molar refractivity (Wildman–Crippen MR) is 169 cm³/mol. The molecule has 1 fully saturated rings. The average molecular weight is 589 g/mol. The van der Waals surface area contributed by atoms with Crippen molar-refractivity contribution < 1.29 is 23.8 Å². The number of carboxylic acid groups (broad SMARTS) is 1. The molecule has 0 bridgehead atoms. The third kappa shape index (κ3) is 6.86. The average Bonchev–Trinajstić information content (AvgIpc) is 3.40. The third-order valence-corrected chi connectivity index (χ3v) is 8.50. The number of fused-ring (bicyclic) bond motifs is 1. The molecule has 0 saturated carbocycles. The van der Waals surface area contributed by atoms with Crippen molar-refractivity contribution in [1.82, 2.24) is 14.8 Å². The van der Waals surface area contributed by atoms with Gasteiger partial charge in [0.15, 0.2) is 11.2 Å². The Morgan fingerprint density at radius 2 is 1.95 bits per heavy atom. The number of rotatable bonds is 12. The van der Waals surface area contributed by atoms with Crippen LogP contribution in [0.4, 0.5) is 5.69 Å². The summed E-state index contributed by atoms with van der Waals surface area (Å²) in [5.74, 6) is -0.399. The maximum Gasteiger partial charge on any atom is 0.317 e. The second-order valence-corrected chi connectivity index (χ2v) is 11.9. The number of carboxylic acids is 1. The van der Waals surface area contributed by atoms with Crippen LogP contribution < -0.4 is 4.90 Å². The van der Waals surface area contributed by atoms with Gasteiger partial charge in [0.25, 0.3) is 0 Å². The minimum atomic E-state index is -0.894. The zero-order valence-corrected chi connectivity index (χ0v) is 26.0. The van der Waals surface area contributed by atoms with Crippen molar-refractivity contribution in [3.8, 4) is 0 Å². The van der Waals surface area contributed by atoms with Gasteiger partial charge in [-0.3, -0.25) is 14.6 Å². The first-order chi connectivity index (χ1) is 20.7. The Morgan fingerprint density at radius 1 is 1.19 bits per heavy atom. The Labute approximate surface area is 254 Å². The van der Waals surface area contributed by atoms with E-state index in [2.05, 4.69) is 61.2 Å². The molecule has 2 aromatic carbocycles. The molecule has 1 saturated heterocycles. The van der Waals surface area contributed by atoms with Gasteiger partial charge in [0.05, 0.1) is 19.8 Å². The number of allylic oxidation sites excluding steroid dienone is 2. The lowest BCUT2D eigenvalue weighted by atomic mass is 9.76. The third-order valence-electron chi connectivity index (χ3n) is 8.50. The molecule has 5 rings (SSSR count). The topological polar surface area (TPSA) is 91.5 Å². The Kier molecular flexibility index (Phi) is 9.66. The number of ether oxygens (including phenoxy) is 2. The minimum absolute atomic E-state index is 0.0489. The second-order valence-electron chi connectivity index (χ2n) is 11.9. The predicted octanol–water partition coefficient (Wildman–Crippen LogP) is 4.94. The van der Waals surface area contributed by atoms with Crippen LogP contribution in [-0.4, -0.2) is 93.0 Å². The molecule has 3 aromatic rings. The number of aromatic nitrogens is 1. The van der Waals surface area contributed by atoms with E-state index in [1.165, 1.54) is 16.7 Å². The summed E-state index contributed by atoms with van der Waals surface area (Å²) in [5, 5.41) is 9.28. The molecule has 1 N–H and O–H groups in total. The maximum atomic E-state index is 11.3. The molecule has 2 heterocycles. The van der Waals surface area contributed by atoms with Crippen molar-refractivity contribution in [3.05, 3.63) is 77.2 Å². The number of aliphatic carboxylic acids is 1. The second kappa shape index (κ2) is 13.4. The van der Waals surface area contributed by atoms with Gasteiger partial charge < -0.3 is 23.9 Å². The van der Waals surface area contributed by atoms with Gasteiger partial charge in [-0.1, -0.05) is 43.3 Å². The van der Waals surface area contributed by atoms with Crippen molar-refractivity contribution in [2.45, 2.75) is 32.4 Å². The van der Waals surface area contributed by atoms with Crippen LogP contribution in [0.15, 0.2) is 59.0 Å². The summed E-state index contributed by atoms with van der Waals surface area (Å²) in [7, 11) is 5.76. The summed E-state index contributed by atoms with van der Waals surface area (Å²) >= 11 is 0. The SMILES string of the molecule is Cc1ccccc1C1=CC=CC(OCCCN2CCOCC2)(c2nc3cc(CN(C)CC(=O)O)c(N(C)C)cc3o2)C1C. The van der Waals surface area contributed by atoms with Crippen molar-refractivity contribution in [1.29, 1.82) is 0 Å². The highest BCUT2D eigenvalue weighted by atomic mass is 16.5. The Balaban J connectivity index is 1.50. The quantitative estimate of drug-likeness (QED) is 0.295. The molecule has 2 aliphatic rings. The molecule has 2 unspecified atom stereocenters. The number of nitrogens with zero attached hydrogens (tertiary/aromatic N) is 4. The number of anilines is 1. The number of likely N-dealkylation sites (N-methyl/N-ethyl adjacent to an activating group) is 1. The highest BCUT2D eigenvalue weighted by Crippen LogP contribution is 2.46. The molecule has 0 spiro atoms. The fraction of sp³-hybridized carbons (Fsp3) is 0.471. The van der Waals surface area contributed by atoms with Gasteiger partial charge in [0.1, 0.15) is 5.52 Å². The number of carbonyl (C=O) groups is 1. The van der Waals surface area contributed by atoms with Crippen molar-refractivity contribution in [2.75, 3.05) is 72.0 Å². The first-order valence-electron chi connectivity index (χ1n) is 15.1. The lowest BCUT2D eigenvalue weighted by Crippen LogP contribution is -2.39. The molecule has 0 amide bonds. The smallest absolute Gasteiger partial charge is 0.317 e. The number of aryl methyl sites for hydroxylation is 1. The molecule has 0 radical (unpaired) electrons. The summed E-state index contributed by atoms with van der Waals surface area (Å²) in [6.45, 7) is 9.71. The zero-order chi connectivity index (χ0) is 30.6. The molecule has 1 aliphatic carbocycles. The summed E-state index contributed by atoms with van der Waals surface area (Å²) in [6.07, 6.45) is 7.21. The van der Waals surface area contributed by atoms with Crippen LogP contribution in [0.2, 0.25) is 0 Å². The van der Waals surface area contributed by atoms with Gasteiger partial charge in [0.2, 0.25) is 5.89 Å². The zero-order valence-electron chi connectivity index (χ0n) is 26.0. The number of hydrogen-bond donors (Lipinski definition) is 1.